The maximum absolute atomic E-state index is 6.00. The van der Waals surface area contributed by atoms with Crippen LogP contribution < -0.4 is 10.1 Å². The summed E-state index contributed by atoms with van der Waals surface area (Å²) >= 11 is 11.9. The van der Waals surface area contributed by atoms with Crippen molar-refractivity contribution in [2.45, 2.75) is 26.0 Å². The van der Waals surface area contributed by atoms with Crippen molar-refractivity contribution in [3.63, 3.8) is 0 Å². The van der Waals surface area contributed by atoms with E-state index in [4.69, 9.17) is 27.9 Å². The highest BCUT2D eigenvalue weighted by atomic mass is 35.5. The summed E-state index contributed by atoms with van der Waals surface area (Å²) in [6.07, 6.45) is 1.26. The second-order valence-corrected chi connectivity index (χ2v) is 5.87. The predicted molar refractivity (Wildman–Crippen MR) is 84.0 cm³/mol. The SMILES string of the molecule is C[C@H]1Cc2cc(CNc3ccc(Cl)c(Cl)c3)ccc2O1. The average molecular weight is 308 g/mol. The van der Waals surface area contributed by atoms with Gasteiger partial charge in [-0.15, -0.1) is 0 Å². The number of nitrogens with one attached hydrogen (secondary N) is 1. The molecular formula is C16H15Cl2NO. The molecule has 1 aliphatic rings. The molecular weight excluding hydrogens is 293 g/mol. The molecule has 1 aliphatic heterocycles. The molecule has 0 saturated carbocycles. The van der Waals surface area contributed by atoms with Crippen molar-refractivity contribution < 1.29 is 4.74 Å². The number of fused-ring (bicyclic) bond motifs is 1. The molecule has 4 heteroatoms. The molecule has 20 heavy (non-hydrogen) atoms. The summed E-state index contributed by atoms with van der Waals surface area (Å²) in [4.78, 5) is 0. The fourth-order valence-electron chi connectivity index (χ4n) is 2.40. The summed E-state index contributed by atoms with van der Waals surface area (Å²) in [7, 11) is 0. The Morgan fingerprint density at radius 3 is 2.80 bits per heavy atom. The molecule has 0 unspecified atom stereocenters. The molecule has 1 N–H and O–H groups in total. The van der Waals surface area contributed by atoms with Crippen LogP contribution in [-0.2, 0) is 13.0 Å². The molecule has 2 aromatic rings. The lowest BCUT2D eigenvalue weighted by molar-refractivity contribution is 0.254. The van der Waals surface area contributed by atoms with Gasteiger partial charge in [0.1, 0.15) is 11.9 Å². The normalized spacial score (nSPS) is 16.6. The lowest BCUT2D eigenvalue weighted by Crippen LogP contribution is -2.05. The van der Waals surface area contributed by atoms with Crippen molar-refractivity contribution in [2.75, 3.05) is 5.32 Å². The predicted octanol–water partition coefficient (Wildman–Crippen LogP) is 4.93. The Morgan fingerprint density at radius 2 is 2.00 bits per heavy atom. The van der Waals surface area contributed by atoms with E-state index in [0.29, 0.717) is 10.0 Å². The largest absolute Gasteiger partial charge is 0.490 e. The summed E-state index contributed by atoms with van der Waals surface area (Å²) in [6, 6.07) is 11.9. The fraction of sp³-hybridized carbons (Fsp3) is 0.250. The lowest BCUT2D eigenvalue weighted by Gasteiger charge is -2.08. The molecule has 2 nitrogen and oxygen atoms in total. The third kappa shape index (κ3) is 2.87. The van der Waals surface area contributed by atoms with E-state index in [1.54, 1.807) is 6.07 Å². The van der Waals surface area contributed by atoms with Crippen LogP contribution in [0.5, 0.6) is 5.75 Å². The third-order valence-corrected chi connectivity index (χ3v) is 4.12. The van der Waals surface area contributed by atoms with Crippen molar-refractivity contribution in [2.24, 2.45) is 0 Å². The topological polar surface area (TPSA) is 21.3 Å². The van der Waals surface area contributed by atoms with Crippen LogP contribution in [0.15, 0.2) is 36.4 Å². The minimum atomic E-state index is 0.281. The monoisotopic (exact) mass is 307 g/mol. The van der Waals surface area contributed by atoms with E-state index in [2.05, 4.69) is 24.4 Å². The highest BCUT2D eigenvalue weighted by molar-refractivity contribution is 6.42. The van der Waals surface area contributed by atoms with Gasteiger partial charge in [0.15, 0.2) is 0 Å². The van der Waals surface area contributed by atoms with E-state index in [-0.39, 0.29) is 6.10 Å². The van der Waals surface area contributed by atoms with Gasteiger partial charge >= 0.3 is 0 Å². The van der Waals surface area contributed by atoms with E-state index < -0.39 is 0 Å². The number of halogens is 2. The molecule has 0 spiro atoms. The Morgan fingerprint density at radius 1 is 1.15 bits per heavy atom. The van der Waals surface area contributed by atoms with E-state index in [9.17, 15) is 0 Å². The molecule has 0 amide bonds. The second-order valence-electron chi connectivity index (χ2n) is 5.06. The number of hydrogen-bond acceptors (Lipinski definition) is 2. The first-order chi connectivity index (χ1) is 9.61. The third-order valence-electron chi connectivity index (χ3n) is 3.38. The number of hydrogen-bond donors (Lipinski definition) is 1. The Labute approximate surface area is 128 Å². The van der Waals surface area contributed by atoms with Crippen molar-refractivity contribution in [3.8, 4) is 5.75 Å². The van der Waals surface area contributed by atoms with Gasteiger partial charge in [0.2, 0.25) is 0 Å². The average Bonchev–Trinajstić information content (AvgIpc) is 2.79. The summed E-state index contributed by atoms with van der Waals surface area (Å²) in [5, 5.41) is 4.48. The van der Waals surface area contributed by atoms with Gasteiger partial charge in [-0.1, -0.05) is 35.3 Å². The standard InChI is InChI=1S/C16H15Cl2NO/c1-10-6-12-7-11(2-5-16(12)20-10)9-19-13-3-4-14(17)15(18)8-13/h2-5,7-8,10,19H,6,9H2,1H3/t10-/m0/s1. The van der Waals surface area contributed by atoms with E-state index in [1.807, 2.05) is 18.2 Å². The first-order valence-electron chi connectivity index (χ1n) is 6.59. The van der Waals surface area contributed by atoms with Crippen LogP contribution in [-0.4, -0.2) is 6.10 Å². The molecule has 0 aliphatic carbocycles. The number of benzene rings is 2. The highest BCUT2D eigenvalue weighted by Crippen LogP contribution is 2.30. The van der Waals surface area contributed by atoms with Gasteiger partial charge in [-0.05, 0) is 42.3 Å². The van der Waals surface area contributed by atoms with Crippen molar-refractivity contribution in [1.82, 2.24) is 0 Å². The second kappa shape index (κ2) is 5.55. The summed E-state index contributed by atoms with van der Waals surface area (Å²) in [6.45, 7) is 2.84. The van der Waals surface area contributed by atoms with Gasteiger partial charge in [-0.25, -0.2) is 0 Å². The maximum atomic E-state index is 6.00. The summed E-state index contributed by atoms with van der Waals surface area (Å²) < 4.78 is 5.70. The molecule has 2 aromatic carbocycles. The molecule has 1 heterocycles. The van der Waals surface area contributed by atoms with E-state index in [0.717, 1.165) is 24.4 Å². The molecule has 104 valence electrons. The lowest BCUT2D eigenvalue weighted by atomic mass is 10.1. The first-order valence-corrected chi connectivity index (χ1v) is 7.35. The summed E-state index contributed by atoms with van der Waals surface area (Å²) in [5.74, 6) is 1.01. The van der Waals surface area contributed by atoms with E-state index >= 15 is 0 Å². The number of anilines is 1. The van der Waals surface area contributed by atoms with Crippen LogP contribution in [0.4, 0.5) is 5.69 Å². The van der Waals surface area contributed by atoms with Gasteiger partial charge in [0.25, 0.3) is 0 Å². The van der Waals surface area contributed by atoms with Gasteiger partial charge in [-0.2, -0.15) is 0 Å². The van der Waals surface area contributed by atoms with Gasteiger partial charge in [-0.3, -0.25) is 0 Å². The van der Waals surface area contributed by atoms with Crippen molar-refractivity contribution >= 4 is 28.9 Å². The van der Waals surface area contributed by atoms with Crippen LogP contribution in [0.25, 0.3) is 0 Å². The minimum Gasteiger partial charge on any atom is -0.490 e. The Bertz CT molecular complexity index is 642. The number of rotatable bonds is 3. The molecule has 0 saturated heterocycles. The minimum absolute atomic E-state index is 0.281. The number of ether oxygens (including phenoxy) is 1. The van der Waals surface area contributed by atoms with Crippen LogP contribution in [0.2, 0.25) is 10.0 Å². The highest BCUT2D eigenvalue weighted by Gasteiger charge is 2.18. The van der Waals surface area contributed by atoms with E-state index in [1.165, 1.54) is 11.1 Å². The molecule has 0 bridgehead atoms. The zero-order valence-electron chi connectivity index (χ0n) is 11.1. The van der Waals surface area contributed by atoms with Crippen molar-refractivity contribution in [3.05, 3.63) is 57.6 Å². The molecule has 0 radical (unpaired) electrons. The first kappa shape index (κ1) is 13.6. The summed E-state index contributed by atoms with van der Waals surface area (Å²) in [5.41, 5.74) is 3.47. The van der Waals surface area contributed by atoms with Crippen LogP contribution in [0.3, 0.4) is 0 Å². The van der Waals surface area contributed by atoms with Gasteiger partial charge in [0, 0.05) is 18.7 Å². The maximum Gasteiger partial charge on any atom is 0.123 e. The van der Waals surface area contributed by atoms with Crippen LogP contribution >= 0.6 is 23.2 Å². The Kier molecular flexibility index (Phi) is 3.77. The molecule has 0 fully saturated rings. The molecule has 0 aromatic heterocycles. The zero-order valence-corrected chi connectivity index (χ0v) is 12.6. The Hall–Kier alpha value is -1.38. The fourth-order valence-corrected chi connectivity index (χ4v) is 2.69. The molecule has 3 rings (SSSR count). The van der Waals surface area contributed by atoms with Crippen LogP contribution in [0.1, 0.15) is 18.1 Å². The quantitative estimate of drug-likeness (QED) is 0.868. The Balaban J connectivity index is 1.70. The smallest absolute Gasteiger partial charge is 0.123 e. The molecule has 1 atom stereocenters. The van der Waals surface area contributed by atoms with Gasteiger partial charge < -0.3 is 10.1 Å². The zero-order chi connectivity index (χ0) is 14.1. The van der Waals surface area contributed by atoms with Crippen LogP contribution in [0, 0.1) is 0 Å². The van der Waals surface area contributed by atoms with Crippen molar-refractivity contribution in [1.29, 1.82) is 0 Å². The van der Waals surface area contributed by atoms with Gasteiger partial charge in [0.05, 0.1) is 10.0 Å².